The first kappa shape index (κ1) is 9.65. The molecule has 0 amide bonds. The fourth-order valence-electron chi connectivity index (χ4n) is 1.82. The molecule has 1 atom stereocenters. The van der Waals surface area contributed by atoms with Crippen LogP contribution in [0.1, 0.15) is 43.8 Å². The van der Waals surface area contributed by atoms with Gasteiger partial charge in [0.25, 0.3) is 0 Å². The third-order valence-corrected chi connectivity index (χ3v) is 2.61. The Hall–Kier alpha value is -0.900. The van der Waals surface area contributed by atoms with Gasteiger partial charge in [-0.25, -0.2) is 0 Å². The van der Waals surface area contributed by atoms with E-state index in [0.717, 1.165) is 37.6 Å². The molecule has 1 fully saturated rings. The maximum Gasteiger partial charge on any atom is 0.226 e. The zero-order valence-corrected chi connectivity index (χ0v) is 8.62. The van der Waals surface area contributed by atoms with Gasteiger partial charge in [0.2, 0.25) is 5.89 Å². The Morgan fingerprint density at radius 3 is 3.21 bits per heavy atom. The molecule has 0 unspecified atom stereocenters. The maximum atomic E-state index is 5.17. The van der Waals surface area contributed by atoms with Crippen LogP contribution in [0.4, 0.5) is 0 Å². The SMILES string of the molecule is CCCc1nc([C@@H]2CCCNC2)no1. The summed E-state index contributed by atoms with van der Waals surface area (Å²) in [5.41, 5.74) is 0. The lowest BCUT2D eigenvalue weighted by atomic mass is 9.99. The second-order valence-electron chi connectivity index (χ2n) is 3.84. The molecular formula is C10H17N3O. The molecule has 4 nitrogen and oxygen atoms in total. The molecule has 1 aromatic heterocycles. The highest BCUT2D eigenvalue weighted by molar-refractivity contribution is 4.98. The molecule has 2 heterocycles. The number of aryl methyl sites for hydroxylation is 1. The van der Waals surface area contributed by atoms with E-state index >= 15 is 0 Å². The van der Waals surface area contributed by atoms with Crippen molar-refractivity contribution in [3.63, 3.8) is 0 Å². The summed E-state index contributed by atoms with van der Waals surface area (Å²) in [6, 6.07) is 0. The summed E-state index contributed by atoms with van der Waals surface area (Å²) < 4.78 is 5.17. The van der Waals surface area contributed by atoms with Gasteiger partial charge in [-0.3, -0.25) is 0 Å². The number of rotatable bonds is 3. The van der Waals surface area contributed by atoms with Crippen LogP contribution < -0.4 is 5.32 Å². The van der Waals surface area contributed by atoms with Crippen LogP contribution in [0.25, 0.3) is 0 Å². The molecule has 1 aliphatic heterocycles. The molecule has 1 aromatic rings. The van der Waals surface area contributed by atoms with Crippen LogP contribution in [0.2, 0.25) is 0 Å². The molecule has 14 heavy (non-hydrogen) atoms. The van der Waals surface area contributed by atoms with Gasteiger partial charge in [-0.15, -0.1) is 0 Å². The predicted molar refractivity (Wildman–Crippen MR) is 53.1 cm³/mol. The third-order valence-electron chi connectivity index (χ3n) is 2.61. The van der Waals surface area contributed by atoms with Crippen LogP contribution in [0.15, 0.2) is 4.52 Å². The maximum absolute atomic E-state index is 5.17. The van der Waals surface area contributed by atoms with E-state index in [2.05, 4.69) is 22.4 Å². The van der Waals surface area contributed by atoms with E-state index in [-0.39, 0.29) is 0 Å². The standard InChI is InChI=1S/C10H17N3O/c1-2-4-9-12-10(13-14-9)8-5-3-6-11-7-8/h8,11H,2-7H2,1H3/t8-/m1/s1. The smallest absolute Gasteiger partial charge is 0.226 e. The Bertz CT molecular complexity index is 279. The van der Waals surface area contributed by atoms with E-state index in [1.54, 1.807) is 0 Å². The van der Waals surface area contributed by atoms with E-state index in [1.165, 1.54) is 12.8 Å². The van der Waals surface area contributed by atoms with Gasteiger partial charge < -0.3 is 9.84 Å². The van der Waals surface area contributed by atoms with Crippen LogP contribution >= 0.6 is 0 Å². The van der Waals surface area contributed by atoms with Crippen molar-refractivity contribution < 1.29 is 4.52 Å². The van der Waals surface area contributed by atoms with E-state index in [0.29, 0.717) is 5.92 Å². The molecule has 2 rings (SSSR count). The summed E-state index contributed by atoms with van der Waals surface area (Å²) in [5.74, 6) is 2.13. The van der Waals surface area contributed by atoms with Crippen LogP contribution in [0.3, 0.4) is 0 Å². The van der Waals surface area contributed by atoms with Gasteiger partial charge >= 0.3 is 0 Å². The molecule has 0 aliphatic carbocycles. The molecular weight excluding hydrogens is 178 g/mol. The first-order valence-corrected chi connectivity index (χ1v) is 5.43. The van der Waals surface area contributed by atoms with E-state index in [9.17, 15) is 0 Å². The summed E-state index contributed by atoms with van der Waals surface area (Å²) in [5, 5.41) is 7.39. The van der Waals surface area contributed by atoms with Gasteiger partial charge in [-0.1, -0.05) is 12.1 Å². The molecule has 0 radical (unpaired) electrons. The second kappa shape index (κ2) is 4.55. The summed E-state index contributed by atoms with van der Waals surface area (Å²) in [7, 11) is 0. The Balaban J connectivity index is 2.00. The topological polar surface area (TPSA) is 51.0 Å². The first-order valence-electron chi connectivity index (χ1n) is 5.43. The number of aromatic nitrogens is 2. The van der Waals surface area contributed by atoms with Crippen LogP contribution in [-0.2, 0) is 6.42 Å². The average Bonchev–Trinajstić information content (AvgIpc) is 2.68. The van der Waals surface area contributed by atoms with Crippen LogP contribution in [0, 0.1) is 0 Å². The highest BCUT2D eigenvalue weighted by atomic mass is 16.5. The minimum Gasteiger partial charge on any atom is -0.339 e. The molecule has 1 N–H and O–H groups in total. The van der Waals surface area contributed by atoms with Gasteiger partial charge in [0.15, 0.2) is 5.82 Å². The monoisotopic (exact) mass is 195 g/mol. The lowest BCUT2D eigenvalue weighted by molar-refractivity contribution is 0.360. The normalized spacial score (nSPS) is 22.5. The highest BCUT2D eigenvalue weighted by Crippen LogP contribution is 2.20. The Morgan fingerprint density at radius 2 is 2.50 bits per heavy atom. The van der Waals surface area contributed by atoms with Crippen molar-refractivity contribution >= 4 is 0 Å². The van der Waals surface area contributed by atoms with Gasteiger partial charge in [-0.05, 0) is 25.8 Å². The summed E-state index contributed by atoms with van der Waals surface area (Å²) in [6.45, 7) is 4.23. The van der Waals surface area contributed by atoms with E-state index in [4.69, 9.17) is 4.52 Å². The molecule has 1 aliphatic rings. The quantitative estimate of drug-likeness (QED) is 0.794. The zero-order chi connectivity index (χ0) is 9.80. The molecule has 0 spiro atoms. The highest BCUT2D eigenvalue weighted by Gasteiger charge is 2.20. The Labute approximate surface area is 84.1 Å². The summed E-state index contributed by atoms with van der Waals surface area (Å²) in [6.07, 6.45) is 4.35. The Morgan fingerprint density at radius 1 is 1.57 bits per heavy atom. The first-order chi connectivity index (χ1) is 6.90. The van der Waals surface area contributed by atoms with Crippen molar-refractivity contribution in [3.8, 4) is 0 Å². The fourth-order valence-corrected chi connectivity index (χ4v) is 1.82. The van der Waals surface area contributed by atoms with Crippen molar-refractivity contribution in [1.82, 2.24) is 15.5 Å². The number of hydrogen-bond acceptors (Lipinski definition) is 4. The molecule has 0 aromatic carbocycles. The third kappa shape index (κ3) is 2.12. The summed E-state index contributed by atoms with van der Waals surface area (Å²) in [4.78, 5) is 4.41. The van der Waals surface area contributed by atoms with Crippen molar-refractivity contribution in [2.75, 3.05) is 13.1 Å². The van der Waals surface area contributed by atoms with Crippen molar-refractivity contribution in [1.29, 1.82) is 0 Å². The predicted octanol–water partition coefficient (Wildman–Crippen LogP) is 1.49. The van der Waals surface area contributed by atoms with Gasteiger partial charge in [0.05, 0.1) is 0 Å². The van der Waals surface area contributed by atoms with Gasteiger partial charge in [0.1, 0.15) is 0 Å². The number of piperidine rings is 1. The molecule has 4 heteroatoms. The minimum absolute atomic E-state index is 0.457. The van der Waals surface area contributed by atoms with Gasteiger partial charge in [0, 0.05) is 18.9 Å². The zero-order valence-electron chi connectivity index (χ0n) is 8.62. The van der Waals surface area contributed by atoms with E-state index in [1.807, 2.05) is 0 Å². The fraction of sp³-hybridized carbons (Fsp3) is 0.800. The van der Waals surface area contributed by atoms with Crippen LogP contribution in [-0.4, -0.2) is 23.2 Å². The van der Waals surface area contributed by atoms with Crippen molar-refractivity contribution in [2.45, 2.75) is 38.5 Å². The summed E-state index contributed by atoms with van der Waals surface area (Å²) >= 11 is 0. The molecule has 0 saturated carbocycles. The largest absolute Gasteiger partial charge is 0.339 e. The number of nitrogens with one attached hydrogen (secondary N) is 1. The van der Waals surface area contributed by atoms with Gasteiger partial charge in [-0.2, -0.15) is 4.98 Å². The van der Waals surface area contributed by atoms with Crippen molar-refractivity contribution in [2.24, 2.45) is 0 Å². The van der Waals surface area contributed by atoms with E-state index < -0.39 is 0 Å². The Kier molecular flexibility index (Phi) is 3.14. The molecule has 78 valence electrons. The minimum atomic E-state index is 0.457. The lowest BCUT2D eigenvalue weighted by Crippen LogP contribution is -2.28. The second-order valence-corrected chi connectivity index (χ2v) is 3.84. The number of hydrogen-bond donors (Lipinski definition) is 1. The number of nitrogens with zero attached hydrogens (tertiary/aromatic N) is 2. The lowest BCUT2D eigenvalue weighted by Gasteiger charge is -2.19. The average molecular weight is 195 g/mol. The molecule has 1 saturated heterocycles. The molecule has 0 bridgehead atoms. The van der Waals surface area contributed by atoms with Crippen molar-refractivity contribution in [3.05, 3.63) is 11.7 Å². The van der Waals surface area contributed by atoms with Crippen LogP contribution in [0.5, 0.6) is 0 Å².